The Kier molecular flexibility index (Phi) is 4.76. The molecule has 0 aliphatic heterocycles. The van der Waals surface area contributed by atoms with E-state index in [1.54, 1.807) is 12.4 Å². The molecule has 1 aliphatic carbocycles. The highest BCUT2D eigenvalue weighted by Gasteiger charge is 2.41. The summed E-state index contributed by atoms with van der Waals surface area (Å²) < 4.78 is 0. The van der Waals surface area contributed by atoms with Gasteiger partial charge in [0.05, 0.1) is 5.41 Å². The largest absolute Gasteiger partial charge is 0.481 e. The summed E-state index contributed by atoms with van der Waals surface area (Å²) in [4.78, 5) is 30.5. The Balaban J connectivity index is 1.81. The molecule has 6 heteroatoms. The summed E-state index contributed by atoms with van der Waals surface area (Å²) in [5.41, 5.74) is -0.854. The Hall–Kier alpha value is -1.85. The monoisotopic (exact) mass is 279 g/mol. The summed E-state index contributed by atoms with van der Waals surface area (Å²) >= 11 is 0. The lowest BCUT2D eigenvalue weighted by molar-refractivity contribution is -0.154. The highest BCUT2D eigenvalue weighted by atomic mass is 16.4. The maximum Gasteiger partial charge on any atom is 0.310 e. The molecule has 2 rings (SSSR count). The van der Waals surface area contributed by atoms with Crippen molar-refractivity contribution in [3.63, 3.8) is 0 Å². The third-order valence-electron chi connectivity index (χ3n) is 4.00. The number of carboxylic acid groups (broad SMARTS) is 1. The molecular weight excluding hydrogens is 258 g/mol. The number of imidazole rings is 1. The third-order valence-corrected chi connectivity index (χ3v) is 4.00. The second-order valence-electron chi connectivity index (χ2n) is 5.46. The molecule has 1 amide bonds. The van der Waals surface area contributed by atoms with E-state index in [1.165, 1.54) is 0 Å². The fourth-order valence-corrected chi connectivity index (χ4v) is 2.82. The molecule has 0 aromatic carbocycles. The first-order valence-electron chi connectivity index (χ1n) is 7.11. The Labute approximate surface area is 118 Å². The SMILES string of the molecule is O=C(CC1(C(=O)O)CCCCC1)NCCc1ncc[nH]1. The zero-order valence-corrected chi connectivity index (χ0v) is 11.5. The zero-order valence-electron chi connectivity index (χ0n) is 11.5. The van der Waals surface area contributed by atoms with Gasteiger partial charge in [-0.2, -0.15) is 0 Å². The minimum absolute atomic E-state index is 0.0838. The zero-order chi connectivity index (χ0) is 14.4. The van der Waals surface area contributed by atoms with Gasteiger partial charge >= 0.3 is 5.97 Å². The molecule has 1 aliphatic rings. The molecule has 20 heavy (non-hydrogen) atoms. The van der Waals surface area contributed by atoms with Crippen molar-refractivity contribution in [2.24, 2.45) is 5.41 Å². The van der Waals surface area contributed by atoms with Gasteiger partial charge in [0.1, 0.15) is 5.82 Å². The van der Waals surface area contributed by atoms with Crippen LogP contribution in [0.15, 0.2) is 12.4 Å². The number of aromatic amines is 1. The van der Waals surface area contributed by atoms with Crippen LogP contribution < -0.4 is 5.32 Å². The number of carbonyl (C=O) groups excluding carboxylic acids is 1. The predicted octanol–water partition coefficient (Wildman–Crippen LogP) is 1.49. The van der Waals surface area contributed by atoms with Gasteiger partial charge in [-0.25, -0.2) is 4.98 Å². The van der Waals surface area contributed by atoms with Crippen molar-refractivity contribution in [3.05, 3.63) is 18.2 Å². The quantitative estimate of drug-likeness (QED) is 0.735. The molecular formula is C14H21N3O3. The molecule has 1 aromatic rings. The number of rotatable bonds is 6. The Bertz CT molecular complexity index is 450. The molecule has 0 saturated heterocycles. The van der Waals surface area contributed by atoms with E-state index in [0.29, 0.717) is 25.8 Å². The van der Waals surface area contributed by atoms with E-state index in [-0.39, 0.29) is 12.3 Å². The van der Waals surface area contributed by atoms with Crippen LogP contribution in [0.3, 0.4) is 0 Å². The number of hydrogen-bond donors (Lipinski definition) is 3. The average Bonchev–Trinajstić information content (AvgIpc) is 2.93. The first-order valence-corrected chi connectivity index (χ1v) is 7.11. The smallest absolute Gasteiger partial charge is 0.310 e. The summed E-state index contributed by atoms with van der Waals surface area (Å²) in [5.74, 6) is -0.199. The standard InChI is InChI=1S/C14H21N3O3/c18-12(17-7-4-11-15-8-9-16-11)10-14(13(19)20)5-2-1-3-6-14/h8-9H,1-7,10H2,(H,15,16)(H,17,18)(H,19,20). The van der Waals surface area contributed by atoms with Gasteiger partial charge in [0, 0.05) is 31.8 Å². The number of amides is 1. The maximum absolute atomic E-state index is 11.9. The lowest BCUT2D eigenvalue weighted by Crippen LogP contribution is -2.39. The van der Waals surface area contributed by atoms with Crippen molar-refractivity contribution in [1.29, 1.82) is 0 Å². The maximum atomic E-state index is 11.9. The van der Waals surface area contributed by atoms with E-state index < -0.39 is 11.4 Å². The summed E-state index contributed by atoms with van der Waals surface area (Å²) in [5, 5.41) is 12.2. The summed E-state index contributed by atoms with van der Waals surface area (Å²) in [6.07, 6.45) is 8.17. The van der Waals surface area contributed by atoms with Gasteiger partial charge in [-0.15, -0.1) is 0 Å². The minimum atomic E-state index is -0.854. The molecule has 1 heterocycles. The van der Waals surface area contributed by atoms with E-state index in [0.717, 1.165) is 25.1 Å². The van der Waals surface area contributed by atoms with Crippen molar-refractivity contribution >= 4 is 11.9 Å². The first-order chi connectivity index (χ1) is 9.62. The topological polar surface area (TPSA) is 95.1 Å². The van der Waals surface area contributed by atoms with Gasteiger partial charge < -0.3 is 15.4 Å². The van der Waals surface area contributed by atoms with E-state index in [4.69, 9.17) is 0 Å². The fraction of sp³-hybridized carbons (Fsp3) is 0.643. The van der Waals surface area contributed by atoms with Crippen LogP contribution in [0, 0.1) is 5.41 Å². The van der Waals surface area contributed by atoms with Crippen LogP contribution in [-0.4, -0.2) is 33.5 Å². The number of aromatic nitrogens is 2. The minimum Gasteiger partial charge on any atom is -0.481 e. The molecule has 0 atom stereocenters. The van der Waals surface area contributed by atoms with Crippen LogP contribution in [0.2, 0.25) is 0 Å². The number of nitrogens with zero attached hydrogens (tertiary/aromatic N) is 1. The summed E-state index contributed by atoms with van der Waals surface area (Å²) in [7, 11) is 0. The molecule has 0 unspecified atom stereocenters. The lowest BCUT2D eigenvalue weighted by Gasteiger charge is -2.32. The number of carboxylic acids is 1. The molecule has 3 N–H and O–H groups in total. The third kappa shape index (κ3) is 3.59. The van der Waals surface area contributed by atoms with E-state index in [2.05, 4.69) is 15.3 Å². The predicted molar refractivity (Wildman–Crippen MR) is 73.1 cm³/mol. The number of carbonyl (C=O) groups is 2. The molecule has 1 fully saturated rings. The van der Waals surface area contributed by atoms with Gasteiger partial charge in [0.2, 0.25) is 5.91 Å². The van der Waals surface area contributed by atoms with Gasteiger partial charge in [-0.3, -0.25) is 9.59 Å². The van der Waals surface area contributed by atoms with Crippen LogP contribution in [0.25, 0.3) is 0 Å². The second kappa shape index (κ2) is 6.54. The van der Waals surface area contributed by atoms with Crippen LogP contribution in [-0.2, 0) is 16.0 Å². The first kappa shape index (κ1) is 14.6. The van der Waals surface area contributed by atoms with Crippen molar-refractivity contribution < 1.29 is 14.7 Å². The second-order valence-corrected chi connectivity index (χ2v) is 5.46. The summed E-state index contributed by atoms with van der Waals surface area (Å²) in [6, 6.07) is 0. The van der Waals surface area contributed by atoms with Crippen LogP contribution >= 0.6 is 0 Å². The summed E-state index contributed by atoms with van der Waals surface area (Å²) in [6.45, 7) is 0.474. The number of aliphatic carboxylic acids is 1. The Morgan fingerprint density at radius 1 is 1.35 bits per heavy atom. The number of hydrogen-bond acceptors (Lipinski definition) is 3. The van der Waals surface area contributed by atoms with E-state index >= 15 is 0 Å². The number of H-pyrrole nitrogens is 1. The average molecular weight is 279 g/mol. The Morgan fingerprint density at radius 2 is 2.10 bits per heavy atom. The Morgan fingerprint density at radius 3 is 2.70 bits per heavy atom. The van der Waals surface area contributed by atoms with Crippen molar-refractivity contribution in [1.82, 2.24) is 15.3 Å². The molecule has 0 bridgehead atoms. The molecule has 6 nitrogen and oxygen atoms in total. The fourth-order valence-electron chi connectivity index (χ4n) is 2.82. The molecule has 0 spiro atoms. The van der Waals surface area contributed by atoms with Gasteiger partial charge in [-0.05, 0) is 12.8 Å². The van der Waals surface area contributed by atoms with Crippen molar-refractivity contribution in [2.75, 3.05) is 6.54 Å². The van der Waals surface area contributed by atoms with Crippen LogP contribution in [0.4, 0.5) is 0 Å². The van der Waals surface area contributed by atoms with E-state index in [1.807, 2.05) is 0 Å². The highest BCUT2D eigenvalue weighted by Crippen LogP contribution is 2.39. The van der Waals surface area contributed by atoms with Crippen molar-refractivity contribution in [3.8, 4) is 0 Å². The molecule has 1 saturated carbocycles. The number of nitrogens with one attached hydrogen (secondary N) is 2. The van der Waals surface area contributed by atoms with Crippen LogP contribution in [0.1, 0.15) is 44.3 Å². The van der Waals surface area contributed by atoms with E-state index in [9.17, 15) is 14.7 Å². The van der Waals surface area contributed by atoms with Crippen molar-refractivity contribution in [2.45, 2.75) is 44.9 Å². The lowest BCUT2D eigenvalue weighted by atomic mass is 9.71. The highest BCUT2D eigenvalue weighted by molar-refractivity contribution is 5.85. The normalized spacial score (nSPS) is 17.6. The van der Waals surface area contributed by atoms with Crippen LogP contribution in [0.5, 0.6) is 0 Å². The molecule has 110 valence electrons. The van der Waals surface area contributed by atoms with Gasteiger partial charge in [-0.1, -0.05) is 19.3 Å². The van der Waals surface area contributed by atoms with Gasteiger partial charge in [0.15, 0.2) is 0 Å². The molecule has 0 radical (unpaired) electrons. The molecule has 1 aromatic heterocycles. The van der Waals surface area contributed by atoms with Gasteiger partial charge in [0.25, 0.3) is 0 Å².